The monoisotopic (exact) mass is 269 g/mol. The van der Waals surface area contributed by atoms with Gasteiger partial charge in [-0.05, 0) is 31.6 Å². The zero-order chi connectivity index (χ0) is 14.4. The summed E-state index contributed by atoms with van der Waals surface area (Å²) in [4.78, 5) is 2.14. The number of rotatable bonds is 6. The van der Waals surface area contributed by atoms with Gasteiger partial charge >= 0.3 is 0 Å². The fraction of sp³-hybridized carbons (Fsp3) is 0.333. The Kier molecular flexibility index (Phi) is 5.33. The Hall–Kier alpha value is -1.64. The van der Waals surface area contributed by atoms with Gasteiger partial charge in [-0.3, -0.25) is 0 Å². The van der Waals surface area contributed by atoms with Crippen molar-refractivity contribution in [1.29, 1.82) is 0 Å². The van der Waals surface area contributed by atoms with Crippen molar-refractivity contribution in [3.63, 3.8) is 0 Å². The lowest BCUT2D eigenvalue weighted by atomic mass is 9.89. The summed E-state index contributed by atoms with van der Waals surface area (Å²) in [6.07, 6.45) is 0.452. The molecule has 0 bridgehead atoms. The van der Waals surface area contributed by atoms with Crippen molar-refractivity contribution in [2.75, 3.05) is 20.6 Å². The third-order valence-electron chi connectivity index (χ3n) is 3.53. The van der Waals surface area contributed by atoms with Crippen LogP contribution in [0.3, 0.4) is 0 Å². The van der Waals surface area contributed by atoms with Crippen LogP contribution in [0.15, 0.2) is 60.7 Å². The maximum Gasteiger partial charge on any atom is 0.0833 e. The summed E-state index contributed by atoms with van der Waals surface area (Å²) < 4.78 is 0. The molecule has 2 nitrogen and oxygen atoms in total. The summed E-state index contributed by atoms with van der Waals surface area (Å²) in [7, 11) is 4.10. The van der Waals surface area contributed by atoms with Crippen LogP contribution in [0.25, 0.3) is 0 Å². The van der Waals surface area contributed by atoms with Gasteiger partial charge in [0, 0.05) is 12.5 Å². The summed E-state index contributed by atoms with van der Waals surface area (Å²) in [5, 5.41) is 10.7. The summed E-state index contributed by atoms with van der Waals surface area (Å²) in [5.41, 5.74) is 2.27. The number of hydrogen-bond acceptors (Lipinski definition) is 2. The average molecular weight is 269 g/mol. The molecule has 2 heteroatoms. The van der Waals surface area contributed by atoms with E-state index in [0.717, 1.165) is 18.5 Å². The van der Waals surface area contributed by atoms with Gasteiger partial charge in [0.1, 0.15) is 0 Å². The molecule has 1 N–H and O–H groups in total. The SMILES string of the molecule is CN(C)C[C@@H](Cc1ccccc1)[C@H](O)c1ccccc1. The molecule has 0 amide bonds. The largest absolute Gasteiger partial charge is 0.388 e. The van der Waals surface area contributed by atoms with Gasteiger partial charge in [-0.15, -0.1) is 0 Å². The number of benzene rings is 2. The summed E-state index contributed by atoms with van der Waals surface area (Å²) in [5.74, 6) is 0.190. The van der Waals surface area contributed by atoms with E-state index in [-0.39, 0.29) is 5.92 Å². The number of nitrogens with zero attached hydrogens (tertiary/aromatic N) is 1. The van der Waals surface area contributed by atoms with E-state index >= 15 is 0 Å². The molecule has 2 atom stereocenters. The quantitative estimate of drug-likeness (QED) is 0.871. The summed E-state index contributed by atoms with van der Waals surface area (Å²) in [6, 6.07) is 20.3. The molecular formula is C18H23NO. The fourth-order valence-corrected chi connectivity index (χ4v) is 2.58. The van der Waals surface area contributed by atoms with Crippen LogP contribution in [0, 0.1) is 5.92 Å². The van der Waals surface area contributed by atoms with Crippen LogP contribution >= 0.6 is 0 Å². The minimum atomic E-state index is -0.432. The molecule has 0 aliphatic carbocycles. The van der Waals surface area contributed by atoms with Crippen LogP contribution in [-0.2, 0) is 6.42 Å². The van der Waals surface area contributed by atoms with Crippen molar-refractivity contribution >= 4 is 0 Å². The molecule has 0 heterocycles. The number of aliphatic hydroxyl groups excluding tert-OH is 1. The molecule has 2 rings (SSSR count). The highest BCUT2D eigenvalue weighted by molar-refractivity contribution is 5.20. The molecule has 0 unspecified atom stereocenters. The third-order valence-corrected chi connectivity index (χ3v) is 3.53. The maximum absolute atomic E-state index is 10.7. The number of hydrogen-bond donors (Lipinski definition) is 1. The van der Waals surface area contributed by atoms with Gasteiger partial charge in [0.05, 0.1) is 6.10 Å². The Labute approximate surface area is 121 Å². The highest BCUT2D eigenvalue weighted by Crippen LogP contribution is 2.25. The highest BCUT2D eigenvalue weighted by Gasteiger charge is 2.21. The normalized spacial score (nSPS) is 14.2. The van der Waals surface area contributed by atoms with Crippen LogP contribution in [0.2, 0.25) is 0 Å². The predicted molar refractivity (Wildman–Crippen MR) is 83.6 cm³/mol. The van der Waals surface area contributed by atoms with E-state index in [2.05, 4.69) is 43.3 Å². The Morgan fingerprint density at radius 2 is 1.45 bits per heavy atom. The van der Waals surface area contributed by atoms with Gasteiger partial charge in [-0.25, -0.2) is 0 Å². The molecule has 20 heavy (non-hydrogen) atoms. The lowest BCUT2D eigenvalue weighted by molar-refractivity contribution is 0.0902. The average Bonchev–Trinajstić information content (AvgIpc) is 2.47. The van der Waals surface area contributed by atoms with E-state index in [1.54, 1.807) is 0 Å². The molecule has 0 saturated carbocycles. The van der Waals surface area contributed by atoms with E-state index < -0.39 is 6.10 Å². The Bertz CT molecular complexity index is 495. The predicted octanol–water partition coefficient (Wildman–Crippen LogP) is 3.14. The Morgan fingerprint density at radius 1 is 0.900 bits per heavy atom. The zero-order valence-corrected chi connectivity index (χ0v) is 12.2. The van der Waals surface area contributed by atoms with Gasteiger partial charge < -0.3 is 10.0 Å². The second-order valence-corrected chi connectivity index (χ2v) is 5.57. The molecule has 2 aromatic carbocycles. The van der Waals surface area contributed by atoms with Crippen molar-refractivity contribution in [2.45, 2.75) is 12.5 Å². The lowest BCUT2D eigenvalue weighted by Crippen LogP contribution is -2.28. The Balaban J connectivity index is 2.15. The first-order chi connectivity index (χ1) is 9.66. The molecule has 2 aromatic rings. The maximum atomic E-state index is 10.7. The minimum Gasteiger partial charge on any atom is -0.388 e. The van der Waals surface area contributed by atoms with Crippen molar-refractivity contribution in [3.05, 3.63) is 71.8 Å². The molecule has 0 aromatic heterocycles. The molecule has 0 aliphatic heterocycles. The molecule has 0 fully saturated rings. The van der Waals surface area contributed by atoms with E-state index in [4.69, 9.17) is 0 Å². The molecule has 106 valence electrons. The van der Waals surface area contributed by atoms with Crippen molar-refractivity contribution < 1.29 is 5.11 Å². The van der Waals surface area contributed by atoms with E-state index in [1.165, 1.54) is 5.56 Å². The van der Waals surface area contributed by atoms with Crippen LogP contribution in [0.1, 0.15) is 17.2 Å². The third kappa shape index (κ3) is 4.19. The van der Waals surface area contributed by atoms with Crippen molar-refractivity contribution in [1.82, 2.24) is 4.90 Å². The second kappa shape index (κ2) is 7.22. The highest BCUT2D eigenvalue weighted by atomic mass is 16.3. The minimum absolute atomic E-state index is 0.190. The molecule has 0 radical (unpaired) electrons. The van der Waals surface area contributed by atoms with E-state index in [1.807, 2.05) is 36.4 Å². The van der Waals surface area contributed by atoms with Crippen LogP contribution in [-0.4, -0.2) is 30.6 Å². The standard InChI is InChI=1S/C18H23NO/c1-19(2)14-17(13-15-9-5-3-6-10-15)18(20)16-11-7-4-8-12-16/h3-12,17-18,20H,13-14H2,1-2H3/t17-,18-/m1/s1. The first-order valence-corrected chi connectivity index (χ1v) is 7.08. The summed E-state index contributed by atoms with van der Waals surface area (Å²) >= 11 is 0. The van der Waals surface area contributed by atoms with Gasteiger partial charge in [-0.2, -0.15) is 0 Å². The molecule has 0 saturated heterocycles. The molecule has 0 spiro atoms. The molecule has 0 aliphatic rings. The Morgan fingerprint density at radius 3 is 2.00 bits per heavy atom. The second-order valence-electron chi connectivity index (χ2n) is 5.57. The van der Waals surface area contributed by atoms with Gasteiger partial charge in [0.15, 0.2) is 0 Å². The van der Waals surface area contributed by atoms with Crippen LogP contribution < -0.4 is 0 Å². The van der Waals surface area contributed by atoms with Gasteiger partial charge in [-0.1, -0.05) is 60.7 Å². The summed E-state index contributed by atoms with van der Waals surface area (Å²) in [6.45, 7) is 0.866. The first-order valence-electron chi connectivity index (χ1n) is 7.08. The van der Waals surface area contributed by atoms with Crippen molar-refractivity contribution in [2.24, 2.45) is 5.92 Å². The van der Waals surface area contributed by atoms with Crippen molar-refractivity contribution in [3.8, 4) is 0 Å². The van der Waals surface area contributed by atoms with Gasteiger partial charge in [0.25, 0.3) is 0 Å². The smallest absolute Gasteiger partial charge is 0.0833 e. The van der Waals surface area contributed by atoms with Gasteiger partial charge in [0.2, 0.25) is 0 Å². The lowest BCUT2D eigenvalue weighted by Gasteiger charge is -2.26. The molecular weight excluding hydrogens is 246 g/mol. The van der Waals surface area contributed by atoms with Crippen LogP contribution in [0.4, 0.5) is 0 Å². The zero-order valence-electron chi connectivity index (χ0n) is 12.2. The van der Waals surface area contributed by atoms with E-state index in [0.29, 0.717) is 0 Å². The topological polar surface area (TPSA) is 23.5 Å². The first kappa shape index (κ1) is 14.8. The fourth-order valence-electron chi connectivity index (χ4n) is 2.58. The number of aliphatic hydroxyl groups is 1. The van der Waals surface area contributed by atoms with Crippen LogP contribution in [0.5, 0.6) is 0 Å². The van der Waals surface area contributed by atoms with E-state index in [9.17, 15) is 5.11 Å².